The lowest BCUT2D eigenvalue weighted by molar-refractivity contribution is -0.117. The lowest BCUT2D eigenvalue weighted by Gasteiger charge is -1.96. The van der Waals surface area contributed by atoms with Gasteiger partial charge in [-0.25, -0.2) is 0 Å². The Morgan fingerprint density at radius 3 is 2.38 bits per heavy atom. The zero-order chi connectivity index (χ0) is 6.57. The van der Waals surface area contributed by atoms with Crippen molar-refractivity contribution in [1.82, 2.24) is 0 Å². The van der Waals surface area contributed by atoms with Crippen LogP contribution in [0.2, 0.25) is 0 Å². The van der Waals surface area contributed by atoms with Crippen molar-refractivity contribution < 1.29 is 4.79 Å². The summed E-state index contributed by atoms with van der Waals surface area (Å²) in [6, 6.07) is 0. The maximum absolute atomic E-state index is 10.3. The molecule has 0 aromatic carbocycles. The third-order valence-electron chi connectivity index (χ3n) is 0.894. The van der Waals surface area contributed by atoms with Crippen LogP contribution < -0.4 is 0 Å². The van der Waals surface area contributed by atoms with Gasteiger partial charge in [0.1, 0.15) is 5.78 Å². The van der Waals surface area contributed by atoms with E-state index in [0.717, 1.165) is 6.42 Å². The van der Waals surface area contributed by atoms with Crippen LogP contribution in [0.5, 0.6) is 0 Å². The number of carbonyl (C=O) groups excluding carboxylic acids is 1. The molecule has 0 radical (unpaired) electrons. The number of alkyl halides is 1. The van der Waals surface area contributed by atoms with Gasteiger partial charge in [-0.2, -0.15) is 0 Å². The Hall–Kier alpha value is 0.150. The van der Waals surface area contributed by atoms with E-state index in [1.807, 2.05) is 6.92 Å². The number of hydrogen-bond acceptors (Lipinski definition) is 1. The molecule has 1 nitrogen and oxygen atoms in total. The van der Waals surface area contributed by atoms with Crippen LogP contribution in [0.1, 0.15) is 26.7 Å². The minimum absolute atomic E-state index is 0.274. The molecule has 0 saturated heterocycles. The summed E-state index contributed by atoms with van der Waals surface area (Å²) >= 11 is 3.35. The first-order valence-corrected chi connectivity index (χ1v) is 3.68. The first-order valence-electron chi connectivity index (χ1n) is 2.76. The van der Waals surface area contributed by atoms with Gasteiger partial charge in [0, 0.05) is 11.2 Å². The fourth-order valence-electron chi connectivity index (χ4n) is 0.402. The molecule has 0 spiro atoms. The van der Waals surface area contributed by atoms with E-state index in [2.05, 4.69) is 15.9 Å². The van der Waals surface area contributed by atoms with E-state index in [1.165, 1.54) is 0 Å². The Bertz CT molecular complexity index is 78.6. The first kappa shape index (κ1) is 8.15. The lowest BCUT2D eigenvalue weighted by Crippen LogP contribution is -1.95. The molecule has 0 fully saturated rings. The van der Waals surface area contributed by atoms with Gasteiger partial charge in [0.25, 0.3) is 0 Å². The molecule has 0 amide bonds. The second-order valence-electron chi connectivity index (χ2n) is 2.02. The number of hydrogen-bond donors (Lipinski definition) is 0. The Morgan fingerprint density at radius 1 is 1.75 bits per heavy atom. The third-order valence-corrected chi connectivity index (χ3v) is 1.35. The highest BCUT2D eigenvalue weighted by Gasteiger charge is 1.96. The van der Waals surface area contributed by atoms with E-state index in [9.17, 15) is 4.79 Å². The van der Waals surface area contributed by atoms with Crippen molar-refractivity contribution in [3.8, 4) is 0 Å². The van der Waals surface area contributed by atoms with E-state index in [0.29, 0.717) is 11.2 Å². The van der Waals surface area contributed by atoms with E-state index in [-0.39, 0.29) is 5.78 Å². The Labute approximate surface area is 58.6 Å². The summed E-state index contributed by atoms with van der Waals surface area (Å²) in [6.07, 6.45) is 1.65. The zero-order valence-corrected chi connectivity index (χ0v) is 6.86. The molecule has 0 aliphatic rings. The van der Waals surface area contributed by atoms with Crippen molar-refractivity contribution in [2.45, 2.75) is 31.5 Å². The van der Waals surface area contributed by atoms with Crippen LogP contribution in [0.3, 0.4) is 0 Å². The van der Waals surface area contributed by atoms with Crippen molar-refractivity contribution in [1.29, 1.82) is 0 Å². The highest BCUT2D eigenvalue weighted by Crippen LogP contribution is 2.05. The summed E-state index contributed by atoms with van der Waals surface area (Å²) in [5.41, 5.74) is 0. The molecule has 48 valence electrons. The largest absolute Gasteiger partial charge is 0.300 e. The highest BCUT2D eigenvalue weighted by atomic mass is 79.9. The van der Waals surface area contributed by atoms with Crippen LogP contribution in [0.4, 0.5) is 0 Å². The van der Waals surface area contributed by atoms with Crippen molar-refractivity contribution in [3.05, 3.63) is 0 Å². The molecule has 0 aromatic heterocycles. The van der Waals surface area contributed by atoms with Crippen LogP contribution in [0, 0.1) is 0 Å². The van der Waals surface area contributed by atoms with E-state index in [4.69, 9.17) is 0 Å². The Morgan fingerprint density at radius 2 is 2.25 bits per heavy atom. The molecule has 0 saturated carbocycles. The molecule has 0 aliphatic heterocycles. The summed E-state index contributed by atoms with van der Waals surface area (Å²) in [4.78, 5) is 10.8. The second-order valence-corrected chi connectivity index (χ2v) is 3.58. The molecule has 0 rings (SSSR count). The van der Waals surface area contributed by atoms with Crippen molar-refractivity contribution in [3.63, 3.8) is 0 Å². The van der Waals surface area contributed by atoms with Crippen LogP contribution >= 0.6 is 15.9 Å². The second kappa shape index (κ2) is 4.07. The standard InChI is InChI=1S/C6H11BrO/c1-5(7)3-4-6(2)8/h5H,3-4H2,1-2H3. The van der Waals surface area contributed by atoms with Crippen molar-refractivity contribution in [2.24, 2.45) is 0 Å². The smallest absolute Gasteiger partial charge is 0.129 e. The van der Waals surface area contributed by atoms with Crippen LogP contribution in [-0.4, -0.2) is 10.6 Å². The fraction of sp³-hybridized carbons (Fsp3) is 0.833. The molecule has 1 atom stereocenters. The summed E-state index contributed by atoms with van der Waals surface area (Å²) < 4.78 is 0. The molecule has 0 bridgehead atoms. The number of carbonyl (C=O) groups is 1. The number of Topliss-reactive ketones (excluding diaryl/α,β-unsaturated/α-hetero) is 1. The third kappa shape index (κ3) is 6.15. The molecule has 0 heterocycles. The Balaban J connectivity index is 3.05. The average molecular weight is 179 g/mol. The minimum atomic E-state index is 0.274. The summed E-state index contributed by atoms with van der Waals surface area (Å²) in [7, 11) is 0. The van der Waals surface area contributed by atoms with Gasteiger partial charge in [0.15, 0.2) is 0 Å². The van der Waals surface area contributed by atoms with Crippen LogP contribution in [0.15, 0.2) is 0 Å². The Kier molecular flexibility index (Phi) is 4.15. The normalized spacial score (nSPS) is 13.4. The van der Waals surface area contributed by atoms with Gasteiger partial charge < -0.3 is 4.79 Å². The molecule has 0 aliphatic carbocycles. The quantitative estimate of drug-likeness (QED) is 0.606. The number of rotatable bonds is 3. The van der Waals surface area contributed by atoms with Gasteiger partial charge >= 0.3 is 0 Å². The zero-order valence-electron chi connectivity index (χ0n) is 5.28. The maximum Gasteiger partial charge on any atom is 0.129 e. The van der Waals surface area contributed by atoms with Gasteiger partial charge in [-0.3, -0.25) is 0 Å². The number of halogens is 1. The number of ketones is 1. The van der Waals surface area contributed by atoms with Crippen LogP contribution in [0.25, 0.3) is 0 Å². The lowest BCUT2D eigenvalue weighted by atomic mass is 10.2. The molecule has 1 unspecified atom stereocenters. The van der Waals surface area contributed by atoms with E-state index in [1.54, 1.807) is 6.92 Å². The van der Waals surface area contributed by atoms with Crippen molar-refractivity contribution in [2.75, 3.05) is 0 Å². The predicted octanol–water partition coefficient (Wildman–Crippen LogP) is 2.14. The molecule has 0 N–H and O–H groups in total. The average Bonchev–Trinajstić information content (AvgIpc) is 1.61. The predicted molar refractivity (Wildman–Crippen MR) is 38.3 cm³/mol. The van der Waals surface area contributed by atoms with Gasteiger partial charge in [-0.15, -0.1) is 0 Å². The summed E-state index contributed by atoms with van der Waals surface area (Å²) in [5, 5.41) is 0. The minimum Gasteiger partial charge on any atom is -0.300 e. The maximum atomic E-state index is 10.3. The molecule has 2 heteroatoms. The fourth-order valence-corrected chi connectivity index (χ4v) is 0.631. The summed E-state index contributed by atoms with van der Waals surface area (Å²) in [6.45, 7) is 3.66. The molecular weight excluding hydrogens is 168 g/mol. The van der Waals surface area contributed by atoms with Gasteiger partial charge in [0.2, 0.25) is 0 Å². The topological polar surface area (TPSA) is 17.1 Å². The molecular formula is C6H11BrO. The first-order chi connectivity index (χ1) is 3.63. The van der Waals surface area contributed by atoms with E-state index < -0.39 is 0 Å². The molecule has 8 heavy (non-hydrogen) atoms. The van der Waals surface area contributed by atoms with Gasteiger partial charge in [0.05, 0.1) is 0 Å². The van der Waals surface area contributed by atoms with Gasteiger partial charge in [-0.05, 0) is 13.3 Å². The van der Waals surface area contributed by atoms with Crippen LogP contribution in [-0.2, 0) is 4.79 Å². The SMILES string of the molecule is CC(=O)CCC(C)Br. The van der Waals surface area contributed by atoms with Gasteiger partial charge in [-0.1, -0.05) is 22.9 Å². The van der Waals surface area contributed by atoms with E-state index >= 15 is 0 Å². The monoisotopic (exact) mass is 178 g/mol. The molecule has 0 aromatic rings. The van der Waals surface area contributed by atoms with Crippen molar-refractivity contribution >= 4 is 21.7 Å². The highest BCUT2D eigenvalue weighted by molar-refractivity contribution is 9.09. The summed E-state index contributed by atoms with van der Waals surface area (Å²) in [5.74, 6) is 0.274.